The molecule has 0 saturated heterocycles. The summed E-state index contributed by atoms with van der Waals surface area (Å²) in [6, 6.07) is 15.4. The standard InChI is InChI=1S/C20H23N3O2/c1-4-23-18-8-6-5-7-17(18)22-20(23)14(2)21-19(24)13-15-9-11-16(25-3)12-10-15/h5-12,14H,4,13H2,1-3H3,(H,21,24). The number of ether oxygens (including phenoxy) is 1. The Hall–Kier alpha value is -2.82. The van der Waals surface area contributed by atoms with Gasteiger partial charge < -0.3 is 14.6 Å². The lowest BCUT2D eigenvalue weighted by Crippen LogP contribution is -2.29. The highest BCUT2D eigenvalue weighted by atomic mass is 16.5. The molecule has 25 heavy (non-hydrogen) atoms. The van der Waals surface area contributed by atoms with E-state index in [0.717, 1.165) is 34.7 Å². The Morgan fingerprint density at radius 1 is 1.20 bits per heavy atom. The summed E-state index contributed by atoms with van der Waals surface area (Å²) in [6.07, 6.45) is 0.334. The van der Waals surface area contributed by atoms with Crippen LogP contribution in [0.4, 0.5) is 0 Å². The third kappa shape index (κ3) is 3.65. The zero-order valence-corrected chi connectivity index (χ0v) is 14.8. The van der Waals surface area contributed by atoms with Gasteiger partial charge in [-0.25, -0.2) is 4.98 Å². The van der Waals surface area contributed by atoms with Gasteiger partial charge in [-0.15, -0.1) is 0 Å². The molecule has 1 heterocycles. The van der Waals surface area contributed by atoms with Crippen LogP contribution in [-0.2, 0) is 17.8 Å². The smallest absolute Gasteiger partial charge is 0.224 e. The van der Waals surface area contributed by atoms with Gasteiger partial charge in [-0.05, 0) is 43.7 Å². The molecule has 0 aliphatic heterocycles. The van der Waals surface area contributed by atoms with Crippen LogP contribution < -0.4 is 10.1 Å². The van der Waals surface area contributed by atoms with Crippen molar-refractivity contribution in [3.05, 3.63) is 59.9 Å². The van der Waals surface area contributed by atoms with Gasteiger partial charge in [-0.3, -0.25) is 4.79 Å². The van der Waals surface area contributed by atoms with Crippen LogP contribution in [0.25, 0.3) is 11.0 Å². The zero-order chi connectivity index (χ0) is 17.8. The van der Waals surface area contributed by atoms with Gasteiger partial charge in [0.15, 0.2) is 0 Å². The molecule has 1 amide bonds. The second-order valence-electron chi connectivity index (χ2n) is 6.02. The second kappa shape index (κ2) is 7.38. The van der Waals surface area contributed by atoms with E-state index in [1.807, 2.05) is 49.4 Å². The third-order valence-corrected chi connectivity index (χ3v) is 4.29. The number of hydrogen-bond donors (Lipinski definition) is 1. The summed E-state index contributed by atoms with van der Waals surface area (Å²) >= 11 is 0. The van der Waals surface area contributed by atoms with E-state index in [9.17, 15) is 4.79 Å². The average molecular weight is 337 g/mol. The SMILES string of the molecule is CCn1c(C(C)NC(=O)Cc2ccc(OC)cc2)nc2ccccc21. The summed E-state index contributed by atoms with van der Waals surface area (Å²) < 4.78 is 7.29. The number of imidazole rings is 1. The first-order valence-corrected chi connectivity index (χ1v) is 8.49. The lowest BCUT2D eigenvalue weighted by atomic mass is 10.1. The maximum absolute atomic E-state index is 12.4. The van der Waals surface area contributed by atoms with Crippen LogP contribution in [-0.4, -0.2) is 22.6 Å². The molecule has 5 heteroatoms. The number of methoxy groups -OCH3 is 1. The van der Waals surface area contributed by atoms with E-state index in [1.54, 1.807) is 7.11 Å². The molecule has 0 bridgehead atoms. The molecule has 2 aromatic carbocycles. The van der Waals surface area contributed by atoms with E-state index < -0.39 is 0 Å². The van der Waals surface area contributed by atoms with Crippen LogP contribution in [0, 0.1) is 0 Å². The lowest BCUT2D eigenvalue weighted by molar-refractivity contribution is -0.121. The molecule has 1 unspecified atom stereocenters. The Balaban J connectivity index is 1.72. The van der Waals surface area contributed by atoms with Crippen LogP contribution in [0.5, 0.6) is 5.75 Å². The monoisotopic (exact) mass is 337 g/mol. The molecule has 1 N–H and O–H groups in total. The summed E-state index contributed by atoms with van der Waals surface area (Å²) in [7, 11) is 1.63. The lowest BCUT2D eigenvalue weighted by Gasteiger charge is -2.15. The van der Waals surface area contributed by atoms with E-state index in [2.05, 4.69) is 22.9 Å². The number of aryl methyl sites for hydroxylation is 1. The Morgan fingerprint density at radius 2 is 1.92 bits per heavy atom. The van der Waals surface area contributed by atoms with Gasteiger partial charge in [0.25, 0.3) is 0 Å². The summed E-state index contributed by atoms with van der Waals surface area (Å²) in [6.45, 7) is 4.87. The number of hydrogen-bond acceptors (Lipinski definition) is 3. The summed E-state index contributed by atoms with van der Waals surface area (Å²) in [5, 5.41) is 3.06. The number of aromatic nitrogens is 2. The Bertz CT molecular complexity index is 868. The molecule has 1 atom stereocenters. The molecular weight excluding hydrogens is 314 g/mol. The predicted molar refractivity (Wildman–Crippen MR) is 98.7 cm³/mol. The highest BCUT2D eigenvalue weighted by Gasteiger charge is 2.17. The minimum absolute atomic E-state index is 0.0209. The topological polar surface area (TPSA) is 56.2 Å². The quantitative estimate of drug-likeness (QED) is 0.749. The first kappa shape index (κ1) is 17.0. The number of carbonyl (C=O) groups is 1. The fraction of sp³-hybridized carbons (Fsp3) is 0.300. The van der Waals surface area contributed by atoms with E-state index in [0.29, 0.717) is 6.42 Å². The van der Waals surface area contributed by atoms with Gasteiger partial charge >= 0.3 is 0 Å². The molecule has 0 aliphatic rings. The van der Waals surface area contributed by atoms with Gasteiger partial charge in [-0.1, -0.05) is 24.3 Å². The van der Waals surface area contributed by atoms with Crippen LogP contribution in [0.2, 0.25) is 0 Å². The van der Waals surface area contributed by atoms with Crippen molar-refractivity contribution in [1.82, 2.24) is 14.9 Å². The van der Waals surface area contributed by atoms with Crippen LogP contribution in [0.1, 0.15) is 31.3 Å². The molecule has 0 fully saturated rings. The highest BCUT2D eigenvalue weighted by Crippen LogP contribution is 2.21. The van der Waals surface area contributed by atoms with Crippen molar-refractivity contribution in [2.45, 2.75) is 32.9 Å². The fourth-order valence-electron chi connectivity index (χ4n) is 3.04. The van der Waals surface area contributed by atoms with E-state index >= 15 is 0 Å². The molecule has 5 nitrogen and oxygen atoms in total. The van der Waals surface area contributed by atoms with Crippen molar-refractivity contribution in [2.24, 2.45) is 0 Å². The number of rotatable bonds is 6. The van der Waals surface area contributed by atoms with Crippen LogP contribution >= 0.6 is 0 Å². The first-order chi connectivity index (χ1) is 12.1. The highest BCUT2D eigenvalue weighted by molar-refractivity contribution is 5.79. The van der Waals surface area contributed by atoms with Crippen molar-refractivity contribution in [3.8, 4) is 5.75 Å². The molecular formula is C20H23N3O2. The van der Waals surface area contributed by atoms with E-state index in [4.69, 9.17) is 9.72 Å². The van der Waals surface area contributed by atoms with Crippen molar-refractivity contribution < 1.29 is 9.53 Å². The predicted octanol–water partition coefficient (Wildman–Crippen LogP) is 3.48. The maximum Gasteiger partial charge on any atom is 0.224 e. The number of amides is 1. The molecule has 3 aromatic rings. The number of nitrogens with zero attached hydrogens (tertiary/aromatic N) is 2. The fourth-order valence-corrected chi connectivity index (χ4v) is 3.04. The Morgan fingerprint density at radius 3 is 2.60 bits per heavy atom. The third-order valence-electron chi connectivity index (χ3n) is 4.29. The largest absolute Gasteiger partial charge is 0.497 e. The van der Waals surface area contributed by atoms with Crippen molar-refractivity contribution in [2.75, 3.05) is 7.11 Å². The van der Waals surface area contributed by atoms with Gasteiger partial charge in [0.2, 0.25) is 5.91 Å². The van der Waals surface area contributed by atoms with Crippen LogP contribution in [0.15, 0.2) is 48.5 Å². The van der Waals surface area contributed by atoms with E-state index in [1.165, 1.54) is 0 Å². The van der Waals surface area contributed by atoms with Gasteiger partial charge in [0.05, 0.1) is 30.6 Å². The molecule has 0 aliphatic carbocycles. The first-order valence-electron chi connectivity index (χ1n) is 8.49. The number of para-hydroxylation sites is 2. The molecule has 1 aromatic heterocycles. The average Bonchev–Trinajstić information content (AvgIpc) is 3.01. The molecule has 0 spiro atoms. The minimum Gasteiger partial charge on any atom is -0.497 e. The summed E-state index contributed by atoms with van der Waals surface area (Å²) in [4.78, 5) is 17.1. The molecule has 0 radical (unpaired) electrons. The number of benzene rings is 2. The summed E-state index contributed by atoms with van der Waals surface area (Å²) in [5.41, 5.74) is 3.00. The Labute approximate surface area is 147 Å². The van der Waals surface area contributed by atoms with E-state index in [-0.39, 0.29) is 11.9 Å². The van der Waals surface area contributed by atoms with Crippen molar-refractivity contribution >= 4 is 16.9 Å². The van der Waals surface area contributed by atoms with Crippen LogP contribution in [0.3, 0.4) is 0 Å². The molecule has 130 valence electrons. The van der Waals surface area contributed by atoms with Crippen molar-refractivity contribution in [3.63, 3.8) is 0 Å². The summed E-state index contributed by atoms with van der Waals surface area (Å²) in [5.74, 6) is 1.65. The zero-order valence-electron chi connectivity index (χ0n) is 14.8. The van der Waals surface area contributed by atoms with Gasteiger partial charge in [-0.2, -0.15) is 0 Å². The molecule has 3 rings (SSSR count). The minimum atomic E-state index is -0.155. The number of fused-ring (bicyclic) bond motifs is 1. The second-order valence-corrected chi connectivity index (χ2v) is 6.02. The normalized spacial score (nSPS) is 12.1. The van der Waals surface area contributed by atoms with Gasteiger partial charge in [0.1, 0.15) is 11.6 Å². The molecule has 0 saturated carbocycles. The van der Waals surface area contributed by atoms with Gasteiger partial charge in [0, 0.05) is 6.54 Å². The maximum atomic E-state index is 12.4. The van der Waals surface area contributed by atoms with Crippen molar-refractivity contribution in [1.29, 1.82) is 0 Å². The number of nitrogens with one attached hydrogen (secondary N) is 1. The number of carbonyl (C=O) groups excluding carboxylic acids is 1. The Kier molecular flexibility index (Phi) is 5.03.